The Kier molecular flexibility index (Phi) is 4.16. The monoisotopic (exact) mass is 265 g/mol. The molecule has 1 unspecified atom stereocenters. The van der Waals surface area contributed by atoms with Crippen molar-refractivity contribution in [3.63, 3.8) is 0 Å². The van der Waals surface area contributed by atoms with E-state index in [9.17, 15) is 13.2 Å². The molecule has 0 spiro atoms. The van der Waals surface area contributed by atoms with Crippen LogP contribution in [0.5, 0.6) is 0 Å². The van der Waals surface area contributed by atoms with Crippen LogP contribution in [-0.4, -0.2) is 44.9 Å². The summed E-state index contributed by atoms with van der Waals surface area (Å²) in [7, 11) is -3.45. The molecule has 1 heterocycles. The van der Waals surface area contributed by atoms with E-state index >= 15 is 0 Å². The van der Waals surface area contributed by atoms with E-state index in [1.807, 2.05) is 0 Å². The van der Waals surface area contributed by atoms with E-state index in [0.29, 0.717) is 13.0 Å². The van der Waals surface area contributed by atoms with Crippen LogP contribution in [0.4, 0.5) is 0 Å². The number of hydrogen-bond donors (Lipinski definition) is 0. The van der Waals surface area contributed by atoms with Gasteiger partial charge >= 0.3 is 5.97 Å². The van der Waals surface area contributed by atoms with E-state index < -0.39 is 21.6 Å². The van der Waals surface area contributed by atoms with E-state index in [2.05, 4.69) is 0 Å². The SMILES string of the molecule is CC(C)(C)C(=O)ON1CCC(OS(C)(=O)=O)C1. The van der Waals surface area contributed by atoms with Crippen LogP contribution in [0.2, 0.25) is 0 Å². The lowest BCUT2D eigenvalue weighted by Gasteiger charge is -2.21. The fraction of sp³-hybridized carbons (Fsp3) is 0.900. The van der Waals surface area contributed by atoms with Crippen molar-refractivity contribution in [1.82, 2.24) is 5.06 Å². The van der Waals surface area contributed by atoms with Gasteiger partial charge in [-0.15, -0.1) is 5.06 Å². The maximum atomic E-state index is 11.6. The van der Waals surface area contributed by atoms with Gasteiger partial charge < -0.3 is 4.84 Å². The Morgan fingerprint density at radius 3 is 2.41 bits per heavy atom. The molecule has 100 valence electrons. The van der Waals surface area contributed by atoms with Crippen molar-refractivity contribution >= 4 is 16.1 Å². The summed E-state index contributed by atoms with van der Waals surface area (Å²) in [5.41, 5.74) is -0.574. The van der Waals surface area contributed by atoms with Crippen LogP contribution in [0, 0.1) is 5.41 Å². The predicted molar refractivity (Wildman–Crippen MR) is 61.5 cm³/mol. The summed E-state index contributed by atoms with van der Waals surface area (Å²) >= 11 is 0. The fourth-order valence-electron chi connectivity index (χ4n) is 1.36. The summed E-state index contributed by atoms with van der Waals surface area (Å²) < 4.78 is 26.7. The van der Waals surface area contributed by atoms with Crippen LogP contribution < -0.4 is 0 Å². The van der Waals surface area contributed by atoms with Gasteiger partial charge in [0.15, 0.2) is 0 Å². The largest absolute Gasteiger partial charge is 0.367 e. The van der Waals surface area contributed by atoms with Crippen LogP contribution in [-0.2, 0) is 23.9 Å². The zero-order chi connectivity index (χ0) is 13.3. The smallest absolute Gasteiger partial charge is 0.330 e. The summed E-state index contributed by atoms with van der Waals surface area (Å²) in [6.07, 6.45) is 1.11. The second-order valence-electron chi connectivity index (χ2n) is 5.23. The Morgan fingerprint density at radius 1 is 1.35 bits per heavy atom. The molecule has 1 atom stereocenters. The van der Waals surface area contributed by atoms with Crippen molar-refractivity contribution in [3.05, 3.63) is 0 Å². The highest BCUT2D eigenvalue weighted by atomic mass is 32.2. The molecule has 1 aliphatic rings. The summed E-state index contributed by atoms with van der Waals surface area (Å²) in [4.78, 5) is 16.7. The van der Waals surface area contributed by atoms with E-state index in [4.69, 9.17) is 9.02 Å². The van der Waals surface area contributed by atoms with Gasteiger partial charge in [0.2, 0.25) is 0 Å². The van der Waals surface area contributed by atoms with Gasteiger partial charge in [0.05, 0.1) is 24.3 Å². The van der Waals surface area contributed by atoms with E-state index in [-0.39, 0.29) is 12.5 Å². The Balaban J connectivity index is 2.44. The summed E-state index contributed by atoms with van der Waals surface area (Å²) in [5.74, 6) is -0.336. The first kappa shape index (κ1) is 14.4. The Bertz CT molecular complexity index is 384. The molecule has 0 saturated carbocycles. The van der Waals surface area contributed by atoms with Crippen LogP contribution in [0.3, 0.4) is 0 Å². The van der Waals surface area contributed by atoms with Gasteiger partial charge in [-0.2, -0.15) is 8.42 Å². The fourth-order valence-corrected chi connectivity index (χ4v) is 2.01. The quantitative estimate of drug-likeness (QED) is 0.694. The highest BCUT2D eigenvalue weighted by molar-refractivity contribution is 7.86. The third-order valence-corrected chi connectivity index (χ3v) is 2.86. The van der Waals surface area contributed by atoms with E-state index in [0.717, 1.165) is 6.26 Å². The first-order valence-electron chi connectivity index (χ1n) is 5.43. The molecule has 0 amide bonds. The number of rotatable bonds is 3. The maximum absolute atomic E-state index is 11.6. The van der Waals surface area contributed by atoms with Gasteiger partial charge in [0.25, 0.3) is 10.1 Å². The van der Waals surface area contributed by atoms with Gasteiger partial charge in [-0.25, -0.2) is 4.79 Å². The molecular weight excluding hydrogens is 246 g/mol. The minimum atomic E-state index is -3.45. The van der Waals surface area contributed by atoms with Gasteiger partial charge in [0, 0.05) is 6.54 Å². The highest BCUT2D eigenvalue weighted by Crippen LogP contribution is 2.20. The first-order valence-corrected chi connectivity index (χ1v) is 7.25. The number of carbonyl (C=O) groups is 1. The lowest BCUT2D eigenvalue weighted by molar-refractivity contribution is -0.196. The van der Waals surface area contributed by atoms with E-state index in [1.165, 1.54) is 5.06 Å². The lowest BCUT2D eigenvalue weighted by atomic mass is 9.98. The molecule has 7 heteroatoms. The van der Waals surface area contributed by atoms with Crippen molar-refractivity contribution in [2.75, 3.05) is 19.3 Å². The summed E-state index contributed by atoms with van der Waals surface area (Å²) in [6.45, 7) is 6.05. The molecule has 0 radical (unpaired) electrons. The van der Waals surface area contributed by atoms with Crippen LogP contribution in [0.25, 0.3) is 0 Å². The molecule has 0 aliphatic carbocycles. The van der Waals surface area contributed by atoms with Crippen molar-refractivity contribution in [2.24, 2.45) is 5.41 Å². The van der Waals surface area contributed by atoms with Gasteiger partial charge in [-0.05, 0) is 27.2 Å². The number of hydrogen-bond acceptors (Lipinski definition) is 6. The minimum absolute atomic E-state index is 0.287. The molecule has 0 bridgehead atoms. The van der Waals surface area contributed by atoms with Crippen molar-refractivity contribution < 1.29 is 22.2 Å². The normalized spacial score (nSPS) is 22.7. The molecule has 1 fully saturated rings. The Labute approximate surface area is 102 Å². The molecule has 0 aromatic carbocycles. The molecule has 0 N–H and O–H groups in total. The average Bonchev–Trinajstić information content (AvgIpc) is 2.47. The molecule has 0 aromatic rings. The minimum Gasteiger partial charge on any atom is -0.367 e. The number of hydroxylamine groups is 2. The zero-order valence-electron chi connectivity index (χ0n) is 10.6. The lowest BCUT2D eigenvalue weighted by Crippen LogP contribution is -2.33. The van der Waals surface area contributed by atoms with Crippen LogP contribution >= 0.6 is 0 Å². The van der Waals surface area contributed by atoms with Crippen molar-refractivity contribution in [2.45, 2.75) is 33.3 Å². The predicted octanol–water partition coefficient (Wildman–Crippen LogP) is 0.541. The van der Waals surface area contributed by atoms with E-state index in [1.54, 1.807) is 20.8 Å². The zero-order valence-corrected chi connectivity index (χ0v) is 11.4. The Hall–Kier alpha value is -0.660. The second kappa shape index (κ2) is 4.91. The standard InChI is InChI=1S/C10H19NO5S/c1-10(2,3)9(12)15-11-6-5-8(7-11)16-17(4,13)14/h8H,5-7H2,1-4H3. The summed E-state index contributed by atoms with van der Waals surface area (Å²) in [6, 6.07) is 0. The molecule has 6 nitrogen and oxygen atoms in total. The molecule has 0 aromatic heterocycles. The van der Waals surface area contributed by atoms with Gasteiger partial charge in [-0.3, -0.25) is 4.18 Å². The first-order chi connectivity index (χ1) is 7.58. The third-order valence-electron chi connectivity index (χ3n) is 2.24. The Morgan fingerprint density at radius 2 is 1.94 bits per heavy atom. The van der Waals surface area contributed by atoms with Crippen LogP contribution in [0.1, 0.15) is 27.2 Å². The number of carbonyl (C=O) groups excluding carboxylic acids is 1. The van der Waals surface area contributed by atoms with Crippen LogP contribution in [0.15, 0.2) is 0 Å². The number of nitrogens with zero attached hydrogens (tertiary/aromatic N) is 1. The molecule has 1 rings (SSSR count). The van der Waals surface area contributed by atoms with Gasteiger partial charge in [-0.1, -0.05) is 0 Å². The topological polar surface area (TPSA) is 72.9 Å². The van der Waals surface area contributed by atoms with Crippen molar-refractivity contribution in [3.8, 4) is 0 Å². The molecule has 1 saturated heterocycles. The molecule has 1 aliphatic heterocycles. The molecular formula is C10H19NO5S. The van der Waals surface area contributed by atoms with Crippen molar-refractivity contribution in [1.29, 1.82) is 0 Å². The average molecular weight is 265 g/mol. The van der Waals surface area contributed by atoms with Gasteiger partial charge in [0.1, 0.15) is 0 Å². The highest BCUT2D eigenvalue weighted by Gasteiger charge is 2.32. The molecule has 17 heavy (non-hydrogen) atoms. The summed E-state index contributed by atoms with van der Waals surface area (Å²) in [5, 5.41) is 1.45. The maximum Gasteiger partial charge on any atom is 0.330 e. The third kappa shape index (κ3) is 5.01. The second-order valence-corrected chi connectivity index (χ2v) is 6.83.